The number of pyridine rings is 1. The Morgan fingerprint density at radius 2 is 2.20 bits per heavy atom. The predicted octanol–water partition coefficient (Wildman–Crippen LogP) is 2.49. The first-order chi connectivity index (χ1) is 7.24. The lowest BCUT2D eigenvalue weighted by molar-refractivity contribution is 1.04. The fraction of sp³-hybridized carbons (Fsp3) is 0.200. The van der Waals surface area contributed by atoms with E-state index in [0.29, 0.717) is 0 Å². The van der Waals surface area contributed by atoms with Crippen LogP contribution in [-0.4, -0.2) is 15.0 Å². The van der Waals surface area contributed by atoms with Crippen LogP contribution in [0.3, 0.4) is 0 Å². The fourth-order valence-electron chi connectivity index (χ4n) is 1.24. The second-order valence-electron chi connectivity index (χ2n) is 3.22. The lowest BCUT2D eigenvalue weighted by Gasteiger charge is -2.03. The maximum atomic E-state index is 4.12. The van der Waals surface area contributed by atoms with Gasteiger partial charge in [0.05, 0.1) is 30.3 Å². The molecule has 0 aromatic carbocycles. The molecule has 0 unspecified atom stereocenters. The summed E-state index contributed by atoms with van der Waals surface area (Å²) in [6.45, 7) is 2.66. The molecule has 5 heteroatoms. The molecule has 2 N–H and O–H groups in total. The third kappa shape index (κ3) is 2.79. The van der Waals surface area contributed by atoms with Crippen LogP contribution in [-0.2, 0) is 6.54 Å². The molecule has 2 heterocycles. The number of hydrogen-bond acceptors (Lipinski definition) is 3. The van der Waals surface area contributed by atoms with Gasteiger partial charge in [-0.1, -0.05) is 0 Å². The number of H-pyrrole nitrogens is 1. The Morgan fingerprint density at radius 1 is 1.33 bits per heavy atom. The van der Waals surface area contributed by atoms with Crippen LogP contribution in [0.15, 0.2) is 29.1 Å². The zero-order chi connectivity index (χ0) is 10.7. The van der Waals surface area contributed by atoms with Gasteiger partial charge in [0.25, 0.3) is 0 Å². The molecular weight excluding hydrogens is 256 g/mol. The van der Waals surface area contributed by atoms with Gasteiger partial charge in [-0.05, 0) is 35.0 Å². The Balaban J connectivity index is 1.96. The first-order valence-corrected chi connectivity index (χ1v) is 5.39. The molecule has 0 fully saturated rings. The van der Waals surface area contributed by atoms with Crippen molar-refractivity contribution < 1.29 is 0 Å². The molecule has 0 radical (unpaired) electrons. The second kappa shape index (κ2) is 4.44. The maximum absolute atomic E-state index is 4.12. The quantitative estimate of drug-likeness (QED) is 0.840. The molecule has 0 amide bonds. The van der Waals surface area contributed by atoms with Crippen molar-refractivity contribution >= 4 is 21.6 Å². The van der Waals surface area contributed by atoms with E-state index in [9.17, 15) is 0 Å². The minimum Gasteiger partial charge on any atom is -0.378 e. The first kappa shape index (κ1) is 10.2. The molecule has 2 aromatic heterocycles. The standard InChI is InChI=1S/C10H11BrN4/c1-7-12-5-9(15-7)6-13-8-2-3-10(11)14-4-8/h2-5,13H,6H2,1H3,(H,12,15). The summed E-state index contributed by atoms with van der Waals surface area (Å²) in [4.78, 5) is 11.4. The number of anilines is 1. The van der Waals surface area contributed by atoms with Gasteiger partial charge in [-0.2, -0.15) is 0 Å². The van der Waals surface area contributed by atoms with Gasteiger partial charge >= 0.3 is 0 Å². The average Bonchev–Trinajstić information content (AvgIpc) is 2.64. The van der Waals surface area contributed by atoms with E-state index in [0.717, 1.165) is 28.4 Å². The molecule has 0 saturated carbocycles. The van der Waals surface area contributed by atoms with Gasteiger partial charge in [0, 0.05) is 0 Å². The van der Waals surface area contributed by atoms with Crippen LogP contribution in [0.4, 0.5) is 5.69 Å². The minimum absolute atomic E-state index is 0.726. The van der Waals surface area contributed by atoms with Gasteiger partial charge < -0.3 is 10.3 Å². The molecule has 78 valence electrons. The number of nitrogens with one attached hydrogen (secondary N) is 2. The Bertz CT molecular complexity index is 435. The minimum atomic E-state index is 0.726. The van der Waals surface area contributed by atoms with E-state index in [1.165, 1.54) is 0 Å². The van der Waals surface area contributed by atoms with Crippen molar-refractivity contribution in [3.05, 3.63) is 40.6 Å². The number of aromatic amines is 1. The van der Waals surface area contributed by atoms with E-state index in [2.05, 4.69) is 36.2 Å². The molecule has 2 aromatic rings. The van der Waals surface area contributed by atoms with Crippen molar-refractivity contribution in [3.8, 4) is 0 Å². The lowest BCUT2D eigenvalue weighted by atomic mass is 10.4. The number of aryl methyl sites for hydroxylation is 1. The molecule has 0 spiro atoms. The number of halogens is 1. The van der Waals surface area contributed by atoms with Crippen LogP contribution >= 0.6 is 15.9 Å². The maximum Gasteiger partial charge on any atom is 0.106 e. The summed E-state index contributed by atoms with van der Waals surface area (Å²) in [5.74, 6) is 0.931. The van der Waals surface area contributed by atoms with Crippen molar-refractivity contribution in [2.24, 2.45) is 0 Å². The number of aromatic nitrogens is 3. The molecule has 0 bridgehead atoms. The molecule has 4 nitrogen and oxygen atoms in total. The highest BCUT2D eigenvalue weighted by Crippen LogP contribution is 2.11. The van der Waals surface area contributed by atoms with Gasteiger partial charge in [0.2, 0.25) is 0 Å². The monoisotopic (exact) mass is 266 g/mol. The van der Waals surface area contributed by atoms with Crippen molar-refractivity contribution in [3.63, 3.8) is 0 Å². The summed E-state index contributed by atoms with van der Waals surface area (Å²) in [7, 11) is 0. The van der Waals surface area contributed by atoms with Gasteiger partial charge in [0.15, 0.2) is 0 Å². The molecule has 15 heavy (non-hydrogen) atoms. The fourth-order valence-corrected chi connectivity index (χ4v) is 1.47. The second-order valence-corrected chi connectivity index (χ2v) is 4.03. The van der Waals surface area contributed by atoms with Crippen LogP contribution < -0.4 is 5.32 Å². The number of hydrogen-bond donors (Lipinski definition) is 2. The largest absolute Gasteiger partial charge is 0.378 e. The van der Waals surface area contributed by atoms with Crippen molar-refractivity contribution in [1.82, 2.24) is 15.0 Å². The predicted molar refractivity (Wildman–Crippen MR) is 62.6 cm³/mol. The van der Waals surface area contributed by atoms with Crippen LogP contribution in [0.5, 0.6) is 0 Å². The summed E-state index contributed by atoms with van der Waals surface area (Å²) in [6.07, 6.45) is 3.61. The number of rotatable bonds is 3. The highest BCUT2D eigenvalue weighted by molar-refractivity contribution is 9.10. The Morgan fingerprint density at radius 3 is 2.80 bits per heavy atom. The van der Waals surface area contributed by atoms with E-state index >= 15 is 0 Å². The number of nitrogens with zero attached hydrogens (tertiary/aromatic N) is 2. The molecular formula is C10H11BrN4. The molecule has 0 atom stereocenters. The van der Waals surface area contributed by atoms with Gasteiger partial charge in [-0.15, -0.1) is 0 Å². The van der Waals surface area contributed by atoms with Crippen LogP contribution in [0.2, 0.25) is 0 Å². The molecule has 0 saturated heterocycles. The van der Waals surface area contributed by atoms with Crippen LogP contribution in [0, 0.1) is 6.92 Å². The zero-order valence-electron chi connectivity index (χ0n) is 8.29. The summed E-state index contributed by atoms with van der Waals surface area (Å²) < 4.78 is 0.838. The highest BCUT2D eigenvalue weighted by atomic mass is 79.9. The molecule has 0 aliphatic rings. The van der Waals surface area contributed by atoms with Gasteiger partial charge in [0.1, 0.15) is 10.4 Å². The summed E-state index contributed by atoms with van der Waals surface area (Å²) in [5.41, 5.74) is 2.06. The SMILES string of the molecule is Cc1ncc(CNc2ccc(Br)nc2)[nH]1. The van der Waals surface area contributed by atoms with E-state index < -0.39 is 0 Å². The first-order valence-electron chi connectivity index (χ1n) is 4.60. The smallest absolute Gasteiger partial charge is 0.106 e. The Labute approximate surface area is 96.3 Å². The summed E-state index contributed by atoms with van der Waals surface area (Å²) in [5, 5.41) is 3.25. The summed E-state index contributed by atoms with van der Waals surface area (Å²) >= 11 is 3.29. The Kier molecular flexibility index (Phi) is 3.01. The molecule has 0 aliphatic carbocycles. The third-order valence-corrected chi connectivity index (χ3v) is 2.43. The highest BCUT2D eigenvalue weighted by Gasteiger charge is 1.97. The van der Waals surface area contributed by atoms with E-state index in [-0.39, 0.29) is 0 Å². The van der Waals surface area contributed by atoms with E-state index in [1.807, 2.05) is 25.3 Å². The van der Waals surface area contributed by atoms with Crippen molar-refractivity contribution in [2.45, 2.75) is 13.5 Å². The summed E-state index contributed by atoms with van der Waals surface area (Å²) in [6, 6.07) is 3.88. The normalized spacial score (nSPS) is 10.3. The zero-order valence-corrected chi connectivity index (χ0v) is 9.87. The molecule has 2 rings (SSSR count). The van der Waals surface area contributed by atoms with E-state index in [1.54, 1.807) is 6.20 Å². The average molecular weight is 267 g/mol. The van der Waals surface area contributed by atoms with E-state index in [4.69, 9.17) is 0 Å². The third-order valence-electron chi connectivity index (χ3n) is 1.97. The number of imidazole rings is 1. The van der Waals surface area contributed by atoms with Crippen molar-refractivity contribution in [1.29, 1.82) is 0 Å². The van der Waals surface area contributed by atoms with Crippen LogP contribution in [0.25, 0.3) is 0 Å². The van der Waals surface area contributed by atoms with Gasteiger partial charge in [-0.3, -0.25) is 0 Å². The Hall–Kier alpha value is -1.36. The lowest BCUT2D eigenvalue weighted by Crippen LogP contribution is -1.99. The van der Waals surface area contributed by atoms with Gasteiger partial charge in [-0.25, -0.2) is 9.97 Å². The topological polar surface area (TPSA) is 53.6 Å². The van der Waals surface area contributed by atoms with Crippen molar-refractivity contribution in [2.75, 3.05) is 5.32 Å². The van der Waals surface area contributed by atoms with Crippen LogP contribution in [0.1, 0.15) is 11.5 Å². The molecule has 0 aliphatic heterocycles.